The first-order valence-electron chi connectivity index (χ1n) is 8.77. The number of methoxy groups -OCH3 is 1. The number of sulfonamides is 1. The van der Waals surface area contributed by atoms with Crippen LogP contribution in [0.5, 0.6) is 5.75 Å². The van der Waals surface area contributed by atoms with Gasteiger partial charge in [-0.1, -0.05) is 6.92 Å². The van der Waals surface area contributed by atoms with Gasteiger partial charge in [-0.05, 0) is 61.6 Å². The third kappa shape index (κ3) is 4.09. The molecule has 1 aliphatic rings. The molecular weight excluding hydrogens is 350 g/mol. The largest absolute Gasteiger partial charge is 0.496 e. The van der Waals surface area contributed by atoms with E-state index in [1.807, 2.05) is 13.0 Å². The lowest BCUT2D eigenvalue weighted by molar-refractivity contribution is 0.411. The van der Waals surface area contributed by atoms with Crippen molar-refractivity contribution in [3.63, 3.8) is 0 Å². The molecule has 2 heterocycles. The summed E-state index contributed by atoms with van der Waals surface area (Å²) in [5, 5.41) is 0. The molecule has 0 saturated carbocycles. The second-order valence-electron chi connectivity index (χ2n) is 6.83. The molecule has 1 aromatic carbocycles. The summed E-state index contributed by atoms with van der Waals surface area (Å²) in [5.74, 6) is 1.63. The van der Waals surface area contributed by atoms with Gasteiger partial charge in [0.15, 0.2) is 0 Å². The lowest BCUT2D eigenvalue weighted by Crippen LogP contribution is -2.34. The van der Waals surface area contributed by atoms with Gasteiger partial charge in [-0.25, -0.2) is 13.4 Å². The van der Waals surface area contributed by atoms with E-state index < -0.39 is 10.0 Å². The minimum absolute atomic E-state index is 0.187. The Bertz CT molecular complexity index is 866. The smallest absolute Gasteiger partial charge is 0.263 e. The highest BCUT2D eigenvalue weighted by atomic mass is 32.2. The van der Waals surface area contributed by atoms with E-state index in [-0.39, 0.29) is 4.90 Å². The van der Waals surface area contributed by atoms with Gasteiger partial charge in [-0.2, -0.15) is 0 Å². The molecule has 0 amide bonds. The van der Waals surface area contributed by atoms with Crippen LogP contribution in [0.4, 0.5) is 11.5 Å². The number of nitrogens with zero attached hydrogens (tertiary/aromatic N) is 2. The number of nitrogens with one attached hydrogen (secondary N) is 1. The zero-order chi connectivity index (χ0) is 18.7. The number of benzene rings is 1. The van der Waals surface area contributed by atoms with Crippen LogP contribution >= 0.6 is 0 Å². The van der Waals surface area contributed by atoms with Crippen LogP contribution in [0.25, 0.3) is 0 Å². The van der Waals surface area contributed by atoms with Crippen LogP contribution in [0.3, 0.4) is 0 Å². The Balaban J connectivity index is 1.74. The Kier molecular flexibility index (Phi) is 5.36. The minimum atomic E-state index is -3.69. The van der Waals surface area contributed by atoms with Gasteiger partial charge in [0.25, 0.3) is 10.0 Å². The number of anilines is 2. The number of hydrogen-bond donors (Lipinski definition) is 1. The van der Waals surface area contributed by atoms with Gasteiger partial charge in [0.2, 0.25) is 0 Å². The van der Waals surface area contributed by atoms with Crippen LogP contribution < -0.4 is 14.4 Å². The minimum Gasteiger partial charge on any atom is -0.496 e. The second-order valence-corrected chi connectivity index (χ2v) is 8.51. The molecule has 1 aromatic heterocycles. The fourth-order valence-electron chi connectivity index (χ4n) is 3.27. The third-order valence-electron chi connectivity index (χ3n) is 4.69. The van der Waals surface area contributed by atoms with Gasteiger partial charge in [-0.15, -0.1) is 0 Å². The quantitative estimate of drug-likeness (QED) is 0.867. The molecule has 0 aliphatic carbocycles. The molecule has 3 rings (SSSR count). The van der Waals surface area contributed by atoms with Gasteiger partial charge < -0.3 is 9.64 Å². The molecule has 1 fully saturated rings. The predicted molar refractivity (Wildman–Crippen MR) is 103 cm³/mol. The molecule has 0 radical (unpaired) electrons. The lowest BCUT2D eigenvalue weighted by Gasteiger charge is -2.32. The number of hydrogen-bond acceptors (Lipinski definition) is 5. The first-order chi connectivity index (χ1) is 12.4. The Morgan fingerprint density at radius 1 is 1.27 bits per heavy atom. The SMILES string of the molecule is COc1ccc(S(=O)(=O)Nc2ccc(N3CCCC(C)C3)cn2)cc1C. The van der Waals surface area contributed by atoms with Crippen molar-refractivity contribution in [3.05, 3.63) is 42.1 Å². The van der Waals surface area contributed by atoms with Crippen molar-refractivity contribution in [3.8, 4) is 5.75 Å². The standard InChI is InChI=1S/C19H25N3O3S/c1-14-5-4-10-22(13-14)16-6-9-19(20-12-16)21-26(23,24)17-7-8-18(25-3)15(2)11-17/h6-9,11-12,14H,4-5,10,13H2,1-3H3,(H,20,21). The highest BCUT2D eigenvalue weighted by Gasteiger charge is 2.19. The van der Waals surface area contributed by atoms with E-state index >= 15 is 0 Å². The highest BCUT2D eigenvalue weighted by molar-refractivity contribution is 7.92. The summed E-state index contributed by atoms with van der Waals surface area (Å²) >= 11 is 0. The third-order valence-corrected chi connectivity index (χ3v) is 6.04. The van der Waals surface area contributed by atoms with Crippen LogP contribution in [0.1, 0.15) is 25.3 Å². The first-order valence-corrected chi connectivity index (χ1v) is 10.3. The van der Waals surface area contributed by atoms with Gasteiger partial charge in [0.1, 0.15) is 11.6 Å². The molecule has 1 unspecified atom stereocenters. The van der Waals surface area contributed by atoms with Crippen LogP contribution in [0, 0.1) is 12.8 Å². The summed E-state index contributed by atoms with van der Waals surface area (Å²) in [5.41, 5.74) is 1.79. The number of rotatable bonds is 5. The van der Waals surface area contributed by atoms with Crippen LogP contribution in [-0.2, 0) is 10.0 Å². The van der Waals surface area contributed by atoms with Gasteiger partial charge in [-0.3, -0.25) is 4.72 Å². The van der Waals surface area contributed by atoms with Crippen molar-refractivity contribution in [1.82, 2.24) is 4.98 Å². The summed E-state index contributed by atoms with van der Waals surface area (Å²) < 4.78 is 32.9. The average molecular weight is 375 g/mol. The Morgan fingerprint density at radius 2 is 2.08 bits per heavy atom. The molecule has 6 nitrogen and oxygen atoms in total. The molecule has 1 saturated heterocycles. The zero-order valence-corrected chi connectivity index (χ0v) is 16.2. The van der Waals surface area contributed by atoms with Crippen LogP contribution in [-0.4, -0.2) is 33.6 Å². The topological polar surface area (TPSA) is 71.5 Å². The summed E-state index contributed by atoms with van der Waals surface area (Å²) in [6, 6.07) is 8.39. The maximum Gasteiger partial charge on any atom is 0.263 e. The molecule has 26 heavy (non-hydrogen) atoms. The maximum absolute atomic E-state index is 12.6. The maximum atomic E-state index is 12.6. The molecule has 0 spiro atoms. The van der Waals surface area contributed by atoms with Crippen LogP contribution in [0.15, 0.2) is 41.4 Å². The van der Waals surface area contributed by atoms with E-state index in [0.717, 1.165) is 24.3 Å². The van der Waals surface area contributed by atoms with Gasteiger partial charge in [0.05, 0.1) is 23.9 Å². The summed E-state index contributed by atoms with van der Waals surface area (Å²) in [6.07, 6.45) is 4.16. The zero-order valence-electron chi connectivity index (χ0n) is 15.4. The van der Waals surface area contributed by atoms with E-state index in [0.29, 0.717) is 17.5 Å². The first kappa shape index (κ1) is 18.5. The Morgan fingerprint density at radius 3 is 2.69 bits per heavy atom. The molecule has 2 aromatic rings. The van der Waals surface area contributed by atoms with Crippen molar-refractivity contribution in [2.75, 3.05) is 29.8 Å². The monoisotopic (exact) mass is 375 g/mol. The van der Waals surface area contributed by atoms with Crippen molar-refractivity contribution in [2.24, 2.45) is 5.92 Å². The lowest BCUT2D eigenvalue weighted by atomic mass is 10.00. The van der Waals surface area contributed by atoms with Crippen molar-refractivity contribution < 1.29 is 13.2 Å². The van der Waals surface area contributed by atoms with E-state index in [9.17, 15) is 8.42 Å². The molecule has 1 atom stereocenters. The summed E-state index contributed by atoms with van der Waals surface area (Å²) in [7, 11) is -2.13. The number of aryl methyl sites for hydroxylation is 1. The van der Waals surface area contributed by atoms with Gasteiger partial charge >= 0.3 is 0 Å². The molecule has 7 heteroatoms. The Hall–Kier alpha value is -2.28. The number of ether oxygens (including phenoxy) is 1. The normalized spacial score (nSPS) is 17.8. The Labute approximate surface area is 155 Å². The fraction of sp³-hybridized carbons (Fsp3) is 0.421. The van der Waals surface area contributed by atoms with E-state index in [1.165, 1.54) is 18.9 Å². The highest BCUT2D eigenvalue weighted by Crippen LogP contribution is 2.25. The predicted octanol–water partition coefficient (Wildman–Crippen LogP) is 3.44. The van der Waals surface area contributed by atoms with Crippen molar-refractivity contribution in [1.29, 1.82) is 0 Å². The fourth-order valence-corrected chi connectivity index (χ4v) is 4.37. The van der Waals surface area contributed by atoms with Crippen LogP contribution in [0.2, 0.25) is 0 Å². The second kappa shape index (κ2) is 7.53. The van der Waals surface area contributed by atoms with Crippen molar-refractivity contribution >= 4 is 21.5 Å². The van der Waals surface area contributed by atoms with Gasteiger partial charge in [0, 0.05) is 13.1 Å². The molecule has 1 N–H and O–H groups in total. The molecular formula is C19H25N3O3S. The van der Waals surface area contributed by atoms with E-state index in [4.69, 9.17) is 4.74 Å². The number of aromatic nitrogens is 1. The average Bonchev–Trinajstić information content (AvgIpc) is 2.62. The number of piperidine rings is 1. The summed E-state index contributed by atoms with van der Waals surface area (Å²) in [4.78, 5) is 6.77. The van der Waals surface area contributed by atoms with Crippen molar-refractivity contribution in [2.45, 2.75) is 31.6 Å². The molecule has 140 valence electrons. The summed E-state index contributed by atoms with van der Waals surface area (Å²) in [6.45, 7) is 6.09. The van der Waals surface area contributed by atoms with E-state index in [2.05, 4.69) is 21.5 Å². The van der Waals surface area contributed by atoms with E-state index in [1.54, 1.807) is 31.5 Å². The number of pyridine rings is 1. The molecule has 0 bridgehead atoms. The molecule has 1 aliphatic heterocycles.